The Kier molecular flexibility index (Phi) is 5.20. The van der Waals surface area contributed by atoms with Crippen molar-refractivity contribution in [2.75, 3.05) is 13.1 Å². The third-order valence-electron chi connectivity index (χ3n) is 4.75. The van der Waals surface area contributed by atoms with Gasteiger partial charge in [0.25, 0.3) is 5.91 Å². The molecular formula is C19H24N2O4S. The van der Waals surface area contributed by atoms with E-state index in [1.807, 2.05) is 32.9 Å². The van der Waals surface area contributed by atoms with Gasteiger partial charge in [-0.25, -0.2) is 13.1 Å². The van der Waals surface area contributed by atoms with Crippen molar-refractivity contribution in [3.8, 4) is 0 Å². The maximum Gasteiger partial charge on any atom is 0.257 e. The second-order valence-electron chi connectivity index (χ2n) is 6.93. The van der Waals surface area contributed by atoms with Gasteiger partial charge in [-0.15, -0.1) is 0 Å². The Morgan fingerprint density at radius 3 is 2.31 bits per heavy atom. The lowest BCUT2D eigenvalue weighted by Crippen LogP contribution is -2.46. The number of carbonyl (C=O) groups is 1. The van der Waals surface area contributed by atoms with Gasteiger partial charge in [-0.1, -0.05) is 17.7 Å². The molecule has 1 fully saturated rings. The molecule has 0 saturated carbocycles. The number of benzene rings is 1. The molecule has 0 atom stereocenters. The van der Waals surface area contributed by atoms with Gasteiger partial charge in [0.05, 0.1) is 16.7 Å². The molecular weight excluding hydrogens is 352 g/mol. The van der Waals surface area contributed by atoms with E-state index in [0.717, 1.165) is 16.7 Å². The molecule has 1 aliphatic heterocycles. The van der Waals surface area contributed by atoms with Crippen molar-refractivity contribution in [3.63, 3.8) is 0 Å². The first-order chi connectivity index (χ1) is 12.3. The molecule has 1 N–H and O–H groups in total. The fourth-order valence-electron chi connectivity index (χ4n) is 3.64. The van der Waals surface area contributed by atoms with Gasteiger partial charge < -0.3 is 9.32 Å². The van der Waals surface area contributed by atoms with Gasteiger partial charge in [0.15, 0.2) is 0 Å². The molecule has 3 rings (SSSR count). The standard InChI is InChI=1S/C19H24N2O4S/c1-13-10-14(2)18(15(3)11-13)26(23,24)20-17-4-7-21(8-5-17)19(22)16-6-9-25-12-16/h6,9-12,17,20H,4-5,7-8H2,1-3H3. The second kappa shape index (κ2) is 7.25. The van der Waals surface area contributed by atoms with Crippen LogP contribution in [0, 0.1) is 20.8 Å². The lowest BCUT2D eigenvalue weighted by molar-refractivity contribution is 0.0710. The van der Waals surface area contributed by atoms with Crippen LogP contribution in [0.25, 0.3) is 0 Å². The Morgan fingerprint density at radius 1 is 1.15 bits per heavy atom. The number of piperidine rings is 1. The molecule has 0 bridgehead atoms. The minimum absolute atomic E-state index is 0.0784. The maximum absolute atomic E-state index is 12.9. The quantitative estimate of drug-likeness (QED) is 0.890. The highest BCUT2D eigenvalue weighted by Gasteiger charge is 2.28. The fraction of sp³-hybridized carbons (Fsp3) is 0.421. The summed E-state index contributed by atoms with van der Waals surface area (Å²) >= 11 is 0. The van der Waals surface area contributed by atoms with Crippen molar-refractivity contribution in [2.45, 2.75) is 44.6 Å². The normalized spacial score (nSPS) is 16.0. The summed E-state index contributed by atoms with van der Waals surface area (Å²) in [6.07, 6.45) is 4.08. The van der Waals surface area contributed by atoms with Gasteiger partial charge in [0.1, 0.15) is 6.26 Å². The molecule has 6 nitrogen and oxygen atoms in total. The van der Waals surface area contributed by atoms with Gasteiger partial charge in [0, 0.05) is 19.1 Å². The van der Waals surface area contributed by atoms with Gasteiger partial charge in [-0.05, 0) is 50.8 Å². The van der Waals surface area contributed by atoms with Crippen LogP contribution in [0.1, 0.15) is 39.9 Å². The number of hydrogen-bond donors (Lipinski definition) is 1. The maximum atomic E-state index is 12.9. The number of furan rings is 1. The van der Waals surface area contributed by atoms with E-state index in [1.165, 1.54) is 12.5 Å². The Morgan fingerprint density at radius 2 is 1.77 bits per heavy atom. The summed E-state index contributed by atoms with van der Waals surface area (Å²) in [4.78, 5) is 14.4. The van der Waals surface area contributed by atoms with Crippen LogP contribution in [-0.2, 0) is 10.0 Å². The van der Waals surface area contributed by atoms with Crippen molar-refractivity contribution in [3.05, 3.63) is 53.0 Å². The number of carbonyl (C=O) groups excluding carboxylic acids is 1. The zero-order chi connectivity index (χ0) is 18.9. The first-order valence-corrected chi connectivity index (χ1v) is 10.2. The van der Waals surface area contributed by atoms with Crippen molar-refractivity contribution < 1.29 is 17.6 Å². The predicted molar refractivity (Wildman–Crippen MR) is 98.6 cm³/mol. The van der Waals surface area contributed by atoms with Crippen LogP contribution in [0.5, 0.6) is 0 Å². The Labute approximate surface area is 154 Å². The minimum atomic E-state index is -3.59. The van der Waals surface area contributed by atoms with Crippen LogP contribution in [0.3, 0.4) is 0 Å². The molecule has 0 unspecified atom stereocenters. The summed E-state index contributed by atoms with van der Waals surface area (Å²) in [5.41, 5.74) is 3.07. The number of rotatable bonds is 4. The number of sulfonamides is 1. The average molecular weight is 376 g/mol. The molecule has 7 heteroatoms. The lowest BCUT2D eigenvalue weighted by Gasteiger charge is -2.32. The van der Waals surface area contributed by atoms with Crippen molar-refractivity contribution in [1.29, 1.82) is 0 Å². The Hall–Kier alpha value is -2.12. The molecule has 1 aromatic heterocycles. The molecule has 26 heavy (non-hydrogen) atoms. The molecule has 1 saturated heterocycles. The number of nitrogens with zero attached hydrogens (tertiary/aromatic N) is 1. The Balaban J connectivity index is 1.67. The zero-order valence-electron chi connectivity index (χ0n) is 15.3. The second-order valence-corrected chi connectivity index (χ2v) is 8.58. The predicted octanol–water partition coefficient (Wildman–Crippen LogP) is 2.79. The van der Waals surface area contributed by atoms with Crippen molar-refractivity contribution >= 4 is 15.9 Å². The molecule has 140 valence electrons. The molecule has 0 radical (unpaired) electrons. The van der Waals surface area contributed by atoms with E-state index in [0.29, 0.717) is 36.4 Å². The lowest BCUT2D eigenvalue weighted by atomic mass is 10.1. The van der Waals surface area contributed by atoms with Crippen LogP contribution in [0.15, 0.2) is 40.0 Å². The summed E-state index contributed by atoms with van der Waals surface area (Å²) in [5, 5.41) is 0. The summed E-state index contributed by atoms with van der Waals surface area (Å²) in [7, 11) is -3.59. The average Bonchev–Trinajstić information content (AvgIpc) is 3.07. The molecule has 0 aliphatic carbocycles. The number of likely N-dealkylation sites (tertiary alicyclic amines) is 1. The molecule has 0 spiro atoms. The Bertz CT molecular complexity index is 873. The van der Waals surface area contributed by atoms with Crippen LogP contribution in [0.2, 0.25) is 0 Å². The largest absolute Gasteiger partial charge is 0.472 e. The molecule has 1 aliphatic rings. The van der Waals surface area contributed by atoms with Crippen LogP contribution < -0.4 is 4.72 Å². The zero-order valence-corrected chi connectivity index (χ0v) is 16.1. The number of amides is 1. The first-order valence-electron chi connectivity index (χ1n) is 8.69. The molecule has 2 heterocycles. The molecule has 2 aromatic rings. The van der Waals surface area contributed by atoms with E-state index in [2.05, 4.69) is 4.72 Å². The highest BCUT2D eigenvalue weighted by Crippen LogP contribution is 2.23. The van der Waals surface area contributed by atoms with Crippen LogP contribution in [-0.4, -0.2) is 38.4 Å². The van der Waals surface area contributed by atoms with Crippen molar-refractivity contribution in [2.24, 2.45) is 0 Å². The van der Waals surface area contributed by atoms with Gasteiger partial charge in [-0.2, -0.15) is 0 Å². The van der Waals surface area contributed by atoms with E-state index in [4.69, 9.17) is 4.42 Å². The first kappa shape index (κ1) is 18.7. The smallest absolute Gasteiger partial charge is 0.257 e. The summed E-state index contributed by atoms with van der Waals surface area (Å²) in [6.45, 7) is 6.63. The fourth-order valence-corrected chi connectivity index (χ4v) is 5.40. The third kappa shape index (κ3) is 3.83. The SMILES string of the molecule is Cc1cc(C)c(S(=O)(=O)NC2CCN(C(=O)c3ccoc3)CC2)c(C)c1. The van der Waals surface area contributed by atoms with E-state index in [1.54, 1.807) is 11.0 Å². The summed E-state index contributed by atoms with van der Waals surface area (Å²) < 4.78 is 33.5. The summed E-state index contributed by atoms with van der Waals surface area (Å²) in [6, 6.07) is 5.23. The number of nitrogens with one attached hydrogen (secondary N) is 1. The highest BCUT2D eigenvalue weighted by molar-refractivity contribution is 7.89. The van der Waals surface area contributed by atoms with E-state index in [9.17, 15) is 13.2 Å². The monoisotopic (exact) mass is 376 g/mol. The van der Waals surface area contributed by atoms with Gasteiger partial charge in [-0.3, -0.25) is 4.79 Å². The van der Waals surface area contributed by atoms with Crippen LogP contribution >= 0.6 is 0 Å². The molecule has 1 amide bonds. The molecule has 1 aromatic carbocycles. The van der Waals surface area contributed by atoms with Gasteiger partial charge >= 0.3 is 0 Å². The van der Waals surface area contributed by atoms with Crippen LogP contribution in [0.4, 0.5) is 0 Å². The van der Waals surface area contributed by atoms with Gasteiger partial charge in [0.2, 0.25) is 10.0 Å². The van der Waals surface area contributed by atoms with E-state index >= 15 is 0 Å². The third-order valence-corrected chi connectivity index (χ3v) is 6.57. The van der Waals surface area contributed by atoms with E-state index in [-0.39, 0.29) is 11.9 Å². The number of hydrogen-bond acceptors (Lipinski definition) is 4. The van der Waals surface area contributed by atoms with E-state index < -0.39 is 10.0 Å². The minimum Gasteiger partial charge on any atom is -0.472 e. The number of aryl methyl sites for hydroxylation is 3. The summed E-state index contributed by atoms with van der Waals surface area (Å²) in [5.74, 6) is -0.0784. The highest BCUT2D eigenvalue weighted by atomic mass is 32.2. The van der Waals surface area contributed by atoms with Crippen molar-refractivity contribution in [1.82, 2.24) is 9.62 Å². The topological polar surface area (TPSA) is 79.6 Å².